The number of hydrogen-bond acceptors (Lipinski definition) is 5. The van der Waals surface area contributed by atoms with Crippen LogP contribution in [0.4, 0.5) is 5.69 Å². The molecule has 1 amide bonds. The second kappa shape index (κ2) is 8.34. The van der Waals surface area contributed by atoms with Gasteiger partial charge in [0.1, 0.15) is 5.75 Å². The van der Waals surface area contributed by atoms with Gasteiger partial charge in [-0.05, 0) is 50.8 Å². The molecule has 1 aromatic carbocycles. The number of halogens is 1. The van der Waals surface area contributed by atoms with Gasteiger partial charge in [0.15, 0.2) is 0 Å². The molecule has 2 atom stereocenters. The fourth-order valence-corrected chi connectivity index (χ4v) is 4.78. The van der Waals surface area contributed by atoms with Crippen molar-refractivity contribution in [3.05, 3.63) is 18.2 Å². The average molecular weight is 418 g/mol. The molecule has 27 heavy (non-hydrogen) atoms. The maximum atomic E-state index is 12.8. The van der Waals surface area contributed by atoms with E-state index in [2.05, 4.69) is 10.0 Å². The minimum atomic E-state index is -3.61. The summed E-state index contributed by atoms with van der Waals surface area (Å²) < 4.78 is 32.8. The zero-order valence-corrected chi connectivity index (χ0v) is 17.3. The standard InChI is InChI=1S/C18H27N3O4S.ClH/c1-18(19)10-4-3-5-14(18)17(22)20-15-11-13(8-9-16(15)25-2)26(23,24)21-12-6-7-12;/h8-9,11-12,14,21H,3-7,10,19H2,1-2H3,(H,20,22);1H. The number of hydrogen-bond donors (Lipinski definition) is 3. The highest BCUT2D eigenvalue weighted by molar-refractivity contribution is 7.89. The van der Waals surface area contributed by atoms with Crippen LogP contribution in [0, 0.1) is 5.92 Å². The smallest absolute Gasteiger partial charge is 0.240 e. The van der Waals surface area contributed by atoms with Gasteiger partial charge < -0.3 is 15.8 Å². The van der Waals surface area contributed by atoms with Gasteiger partial charge in [0, 0.05) is 11.6 Å². The van der Waals surface area contributed by atoms with E-state index in [1.807, 2.05) is 6.92 Å². The van der Waals surface area contributed by atoms with Crippen LogP contribution in [-0.4, -0.2) is 33.0 Å². The van der Waals surface area contributed by atoms with E-state index in [0.717, 1.165) is 38.5 Å². The van der Waals surface area contributed by atoms with Gasteiger partial charge in [-0.15, -0.1) is 12.4 Å². The van der Waals surface area contributed by atoms with Crippen molar-refractivity contribution in [1.29, 1.82) is 0 Å². The number of methoxy groups -OCH3 is 1. The minimum Gasteiger partial charge on any atom is -0.495 e. The van der Waals surface area contributed by atoms with Crippen LogP contribution in [-0.2, 0) is 14.8 Å². The molecular weight excluding hydrogens is 390 g/mol. The first-order chi connectivity index (χ1) is 12.2. The first-order valence-corrected chi connectivity index (χ1v) is 10.5. The number of sulfonamides is 1. The summed E-state index contributed by atoms with van der Waals surface area (Å²) in [4.78, 5) is 12.9. The van der Waals surface area contributed by atoms with Crippen LogP contribution in [0.1, 0.15) is 45.4 Å². The van der Waals surface area contributed by atoms with Crippen LogP contribution >= 0.6 is 12.4 Å². The molecule has 3 rings (SSSR count). The van der Waals surface area contributed by atoms with Crippen molar-refractivity contribution in [2.75, 3.05) is 12.4 Å². The quantitative estimate of drug-likeness (QED) is 0.658. The normalized spacial score (nSPS) is 25.4. The zero-order valence-electron chi connectivity index (χ0n) is 15.7. The molecule has 0 spiro atoms. The second-order valence-electron chi connectivity index (χ2n) is 7.55. The molecule has 152 valence electrons. The molecule has 0 radical (unpaired) electrons. The molecule has 0 aromatic heterocycles. The molecule has 1 aromatic rings. The van der Waals surface area contributed by atoms with Gasteiger partial charge in [-0.25, -0.2) is 13.1 Å². The van der Waals surface area contributed by atoms with Crippen molar-refractivity contribution in [1.82, 2.24) is 4.72 Å². The third-order valence-corrected chi connectivity index (χ3v) is 6.73. The summed E-state index contributed by atoms with van der Waals surface area (Å²) in [6.07, 6.45) is 5.21. The number of benzene rings is 1. The number of nitrogens with two attached hydrogens (primary N) is 1. The Morgan fingerprint density at radius 3 is 2.56 bits per heavy atom. The van der Waals surface area contributed by atoms with Gasteiger partial charge in [-0.1, -0.05) is 12.8 Å². The Morgan fingerprint density at radius 2 is 1.96 bits per heavy atom. The van der Waals surface area contributed by atoms with Gasteiger partial charge in [-0.3, -0.25) is 4.79 Å². The highest BCUT2D eigenvalue weighted by Gasteiger charge is 2.38. The molecule has 0 aliphatic heterocycles. The van der Waals surface area contributed by atoms with E-state index in [4.69, 9.17) is 10.5 Å². The molecule has 4 N–H and O–H groups in total. The third-order valence-electron chi connectivity index (χ3n) is 5.21. The molecule has 7 nitrogen and oxygen atoms in total. The summed E-state index contributed by atoms with van der Waals surface area (Å²) in [6.45, 7) is 1.90. The minimum absolute atomic E-state index is 0. The second-order valence-corrected chi connectivity index (χ2v) is 9.27. The van der Waals surface area contributed by atoms with Crippen molar-refractivity contribution in [3.8, 4) is 5.75 Å². The Kier molecular flexibility index (Phi) is 6.78. The lowest BCUT2D eigenvalue weighted by Gasteiger charge is -2.37. The Bertz CT molecular complexity index is 794. The summed E-state index contributed by atoms with van der Waals surface area (Å²) >= 11 is 0. The Morgan fingerprint density at radius 1 is 1.26 bits per heavy atom. The molecule has 0 saturated heterocycles. The van der Waals surface area contributed by atoms with E-state index < -0.39 is 15.6 Å². The van der Waals surface area contributed by atoms with Crippen LogP contribution in [0.5, 0.6) is 5.75 Å². The van der Waals surface area contributed by atoms with Crippen LogP contribution in [0.25, 0.3) is 0 Å². The maximum Gasteiger partial charge on any atom is 0.240 e. The number of carbonyl (C=O) groups is 1. The summed E-state index contributed by atoms with van der Waals surface area (Å²) in [5, 5.41) is 2.83. The van der Waals surface area contributed by atoms with Crippen LogP contribution in [0.2, 0.25) is 0 Å². The molecule has 2 aliphatic carbocycles. The first kappa shape index (κ1) is 21.9. The van der Waals surface area contributed by atoms with E-state index in [1.165, 1.54) is 19.2 Å². The number of amides is 1. The fourth-order valence-electron chi connectivity index (χ4n) is 3.45. The molecule has 0 heterocycles. The van der Waals surface area contributed by atoms with Crippen molar-refractivity contribution in [2.24, 2.45) is 11.7 Å². The van der Waals surface area contributed by atoms with Gasteiger partial charge in [-0.2, -0.15) is 0 Å². The Balaban J connectivity index is 0.00000261. The lowest BCUT2D eigenvalue weighted by Crippen LogP contribution is -2.51. The molecule has 2 saturated carbocycles. The van der Waals surface area contributed by atoms with Crippen LogP contribution < -0.4 is 20.5 Å². The Hall–Kier alpha value is -1.35. The number of anilines is 1. The molecule has 2 unspecified atom stereocenters. The van der Waals surface area contributed by atoms with E-state index >= 15 is 0 Å². The van der Waals surface area contributed by atoms with Gasteiger partial charge in [0.25, 0.3) is 0 Å². The number of carbonyl (C=O) groups excluding carboxylic acids is 1. The summed E-state index contributed by atoms with van der Waals surface area (Å²) in [5.74, 6) is -0.0956. The lowest BCUT2D eigenvalue weighted by molar-refractivity contribution is -0.122. The monoisotopic (exact) mass is 417 g/mol. The van der Waals surface area contributed by atoms with E-state index in [1.54, 1.807) is 6.07 Å². The summed E-state index contributed by atoms with van der Waals surface area (Å²) in [5.41, 5.74) is 6.09. The molecule has 2 fully saturated rings. The van der Waals surface area contributed by atoms with Crippen molar-refractivity contribution >= 4 is 34.0 Å². The topological polar surface area (TPSA) is 111 Å². The fraction of sp³-hybridized carbons (Fsp3) is 0.611. The van der Waals surface area contributed by atoms with E-state index in [9.17, 15) is 13.2 Å². The number of rotatable bonds is 6. The predicted molar refractivity (Wildman–Crippen MR) is 107 cm³/mol. The van der Waals surface area contributed by atoms with Crippen molar-refractivity contribution < 1.29 is 17.9 Å². The van der Waals surface area contributed by atoms with Crippen molar-refractivity contribution in [3.63, 3.8) is 0 Å². The molecular formula is C18H28ClN3O4S. The molecule has 9 heteroatoms. The van der Waals surface area contributed by atoms with Crippen LogP contribution in [0.3, 0.4) is 0 Å². The highest BCUT2D eigenvalue weighted by atomic mass is 35.5. The number of nitrogens with one attached hydrogen (secondary N) is 2. The maximum absolute atomic E-state index is 12.8. The Labute approximate surface area is 166 Å². The summed E-state index contributed by atoms with van der Waals surface area (Å²) in [7, 11) is -2.13. The van der Waals surface area contributed by atoms with Gasteiger partial charge in [0.05, 0.1) is 23.6 Å². The van der Waals surface area contributed by atoms with E-state index in [0.29, 0.717) is 11.4 Å². The lowest BCUT2D eigenvalue weighted by atomic mass is 9.74. The molecule has 2 aliphatic rings. The van der Waals surface area contributed by atoms with Crippen LogP contribution in [0.15, 0.2) is 23.1 Å². The SMILES string of the molecule is COc1ccc(S(=O)(=O)NC2CC2)cc1NC(=O)C1CCCCC1(C)N.Cl. The van der Waals surface area contributed by atoms with Crippen molar-refractivity contribution in [2.45, 2.75) is 61.9 Å². The largest absolute Gasteiger partial charge is 0.495 e. The molecule has 0 bridgehead atoms. The van der Waals surface area contributed by atoms with Gasteiger partial charge >= 0.3 is 0 Å². The predicted octanol–water partition coefficient (Wildman–Crippen LogP) is 2.40. The van der Waals surface area contributed by atoms with E-state index in [-0.39, 0.29) is 35.2 Å². The average Bonchev–Trinajstić information content (AvgIpc) is 3.37. The first-order valence-electron chi connectivity index (χ1n) is 9.03. The number of ether oxygens (including phenoxy) is 1. The third kappa shape index (κ3) is 5.13. The zero-order chi connectivity index (χ0) is 18.9. The highest BCUT2D eigenvalue weighted by Crippen LogP contribution is 2.34. The van der Waals surface area contributed by atoms with Gasteiger partial charge in [0.2, 0.25) is 15.9 Å². The summed E-state index contributed by atoms with van der Waals surface area (Å²) in [6, 6.07) is 4.49.